The maximum atomic E-state index is 11.6. The highest BCUT2D eigenvalue weighted by molar-refractivity contribution is 6.13. The van der Waals surface area contributed by atoms with E-state index in [-0.39, 0.29) is 5.97 Å². The third-order valence-corrected chi connectivity index (χ3v) is 4.17. The van der Waals surface area contributed by atoms with Crippen LogP contribution < -0.4 is 14.2 Å². The first kappa shape index (κ1) is 15.2. The fourth-order valence-electron chi connectivity index (χ4n) is 2.94. The number of carbonyl (C=O) groups is 1. The Morgan fingerprint density at radius 2 is 1.78 bits per heavy atom. The van der Waals surface area contributed by atoms with Crippen molar-refractivity contribution in [2.75, 3.05) is 14.2 Å². The summed E-state index contributed by atoms with van der Waals surface area (Å²) in [6.45, 7) is 5.35. The van der Waals surface area contributed by atoms with E-state index in [0.717, 1.165) is 38.7 Å². The highest BCUT2D eigenvalue weighted by Crippen LogP contribution is 2.45. The minimum atomic E-state index is -0.384. The van der Waals surface area contributed by atoms with Crippen LogP contribution in [0.5, 0.6) is 17.2 Å². The molecule has 5 heteroatoms. The summed E-state index contributed by atoms with van der Waals surface area (Å²) < 4.78 is 16.3. The zero-order valence-electron chi connectivity index (χ0n) is 13.9. The number of aryl methyl sites for hydroxylation is 1. The van der Waals surface area contributed by atoms with E-state index < -0.39 is 0 Å². The molecule has 0 bridgehead atoms. The number of carbonyl (C=O) groups excluding carboxylic acids is 1. The minimum Gasteiger partial charge on any atom is -0.497 e. The molecule has 0 atom stereocenters. The van der Waals surface area contributed by atoms with Gasteiger partial charge in [-0.1, -0.05) is 0 Å². The lowest BCUT2D eigenvalue weighted by molar-refractivity contribution is -0.131. The molecular weight excluding hydrogens is 294 g/mol. The van der Waals surface area contributed by atoms with Crippen LogP contribution in [0.1, 0.15) is 18.1 Å². The molecule has 0 spiro atoms. The molecule has 0 saturated carbocycles. The van der Waals surface area contributed by atoms with E-state index in [1.54, 1.807) is 14.2 Å². The Kier molecular flexibility index (Phi) is 3.64. The molecule has 5 nitrogen and oxygen atoms in total. The fraction of sp³-hybridized carbons (Fsp3) is 0.278. The van der Waals surface area contributed by atoms with E-state index in [1.807, 2.05) is 32.0 Å². The average Bonchev–Trinajstić information content (AvgIpc) is 2.90. The van der Waals surface area contributed by atoms with Gasteiger partial charge in [-0.15, -0.1) is 0 Å². The van der Waals surface area contributed by atoms with Crippen LogP contribution in [0.15, 0.2) is 18.2 Å². The van der Waals surface area contributed by atoms with Crippen molar-refractivity contribution in [1.82, 2.24) is 4.98 Å². The second-order valence-electron chi connectivity index (χ2n) is 5.49. The fourth-order valence-corrected chi connectivity index (χ4v) is 2.94. The van der Waals surface area contributed by atoms with Gasteiger partial charge in [0, 0.05) is 17.8 Å². The van der Waals surface area contributed by atoms with E-state index in [2.05, 4.69) is 4.98 Å². The zero-order valence-corrected chi connectivity index (χ0v) is 13.9. The van der Waals surface area contributed by atoms with Gasteiger partial charge >= 0.3 is 5.97 Å². The average molecular weight is 313 g/mol. The quantitative estimate of drug-likeness (QED) is 0.589. The van der Waals surface area contributed by atoms with Crippen LogP contribution >= 0.6 is 0 Å². The summed E-state index contributed by atoms with van der Waals surface area (Å²) in [5, 5.41) is 1.76. The van der Waals surface area contributed by atoms with Crippen molar-refractivity contribution in [3.63, 3.8) is 0 Å². The molecule has 0 saturated heterocycles. The first-order valence-electron chi connectivity index (χ1n) is 7.33. The smallest absolute Gasteiger partial charge is 0.308 e. The highest BCUT2D eigenvalue weighted by Gasteiger charge is 2.22. The minimum absolute atomic E-state index is 0.384. The van der Waals surface area contributed by atoms with Crippen molar-refractivity contribution in [2.24, 2.45) is 0 Å². The van der Waals surface area contributed by atoms with Crippen LogP contribution in [-0.2, 0) is 4.79 Å². The predicted molar refractivity (Wildman–Crippen MR) is 89.7 cm³/mol. The first-order valence-corrected chi connectivity index (χ1v) is 7.33. The van der Waals surface area contributed by atoms with Crippen molar-refractivity contribution in [3.8, 4) is 17.2 Å². The van der Waals surface area contributed by atoms with Crippen molar-refractivity contribution in [1.29, 1.82) is 0 Å². The van der Waals surface area contributed by atoms with Gasteiger partial charge in [-0.2, -0.15) is 0 Å². The number of aromatic amines is 1. The van der Waals surface area contributed by atoms with E-state index in [9.17, 15) is 4.79 Å². The Hall–Kier alpha value is -2.69. The van der Waals surface area contributed by atoms with Crippen molar-refractivity contribution in [2.45, 2.75) is 20.8 Å². The number of nitrogens with one attached hydrogen (secondary N) is 1. The van der Waals surface area contributed by atoms with Crippen molar-refractivity contribution < 1.29 is 19.0 Å². The van der Waals surface area contributed by atoms with Gasteiger partial charge in [0.2, 0.25) is 0 Å². The number of methoxy groups -OCH3 is 2. The third-order valence-electron chi connectivity index (χ3n) is 4.17. The second kappa shape index (κ2) is 5.50. The Morgan fingerprint density at radius 1 is 1.04 bits per heavy atom. The molecule has 0 unspecified atom stereocenters. The van der Waals surface area contributed by atoms with Crippen molar-refractivity contribution in [3.05, 3.63) is 29.3 Å². The summed E-state index contributed by atoms with van der Waals surface area (Å²) in [5.41, 5.74) is 3.88. The topological polar surface area (TPSA) is 60.6 Å². The van der Waals surface area contributed by atoms with Gasteiger partial charge in [-0.05, 0) is 43.2 Å². The number of benzene rings is 2. The van der Waals surface area contributed by atoms with Gasteiger partial charge in [-0.25, -0.2) is 0 Å². The molecule has 1 aromatic heterocycles. The molecule has 0 aliphatic rings. The molecule has 0 radical (unpaired) electrons. The summed E-state index contributed by atoms with van der Waals surface area (Å²) in [7, 11) is 3.20. The number of ether oxygens (including phenoxy) is 3. The molecule has 2 aromatic carbocycles. The number of fused-ring (bicyclic) bond motifs is 3. The maximum Gasteiger partial charge on any atom is 0.308 e. The maximum absolute atomic E-state index is 11.6. The van der Waals surface area contributed by atoms with Crippen LogP contribution in [0, 0.1) is 13.8 Å². The molecular formula is C18H19NO4. The number of H-pyrrole nitrogens is 1. The van der Waals surface area contributed by atoms with Crippen LogP contribution in [0.4, 0.5) is 0 Å². The van der Waals surface area contributed by atoms with Crippen LogP contribution in [0.3, 0.4) is 0 Å². The molecule has 120 valence electrons. The van der Waals surface area contributed by atoms with Gasteiger partial charge < -0.3 is 19.2 Å². The SMILES string of the molecule is COc1ccc2[nH]c3c(C)c(C)c(OC)c(OC(C)=O)c3c2c1. The molecule has 0 fully saturated rings. The van der Waals surface area contributed by atoms with Crippen LogP contribution in [0.25, 0.3) is 21.8 Å². The normalized spacial score (nSPS) is 11.0. The van der Waals surface area contributed by atoms with Gasteiger partial charge in [0.1, 0.15) is 5.75 Å². The van der Waals surface area contributed by atoms with Gasteiger partial charge in [0.05, 0.1) is 25.1 Å². The number of hydrogen-bond donors (Lipinski definition) is 1. The van der Waals surface area contributed by atoms with Gasteiger partial charge in [0.15, 0.2) is 11.5 Å². The summed E-state index contributed by atoms with van der Waals surface area (Å²) >= 11 is 0. The Labute approximate surface area is 134 Å². The number of aromatic nitrogens is 1. The Bertz CT molecular complexity index is 924. The predicted octanol–water partition coefficient (Wildman–Crippen LogP) is 3.88. The van der Waals surface area contributed by atoms with E-state index in [1.165, 1.54) is 6.92 Å². The lowest BCUT2D eigenvalue weighted by Crippen LogP contribution is -2.05. The van der Waals surface area contributed by atoms with Crippen LogP contribution in [-0.4, -0.2) is 25.2 Å². The molecule has 23 heavy (non-hydrogen) atoms. The molecule has 0 aliphatic carbocycles. The van der Waals surface area contributed by atoms with E-state index in [0.29, 0.717) is 11.5 Å². The lowest BCUT2D eigenvalue weighted by atomic mass is 10.0. The summed E-state index contributed by atoms with van der Waals surface area (Å²) in [5.74, 6) is 1.38. The number of esters is 1. The highest BCUT2D eigenvalue weighted by atomic mass is 16.6. The molecule has 1 heterocycles. The Morgan fingerprint density at radius 3 is 2.39 bits per heavy atom. The van der Waals surface area contributed by atoms with Gasteiger partial charge in [-0.3, -0.25) is 4.79 Å². The Balaban J connectivity index is 2.51. The summed E-state index contributed by atoms with van der Waals surface area (Å²) in [4.78, 5) is 15.0. The monoisotopic (exact) mass is 313 g/mol. The second-order valence-corrected chi connectivity index (χ2v) is 5.49. The molecule has 3 rings (SSSR count). The lowest BCUT2D eigenvalue weighted by Gasteiger charge is -2.15. The van der Waals surface area contributed by atoms with E-state index in [4.69, 9.17) is 14.2 Å². The summed E-state index contributed by atoms with van der Waals surface area (Å²) in [6, 6.07) is 5.77. The largest absolute Gasteiger partial charge is 0.497 e. The summed E-state index contributed by atoms with van der Waals surface area (Å²) in [6.07, 6.45) is 0. The van der Waals surface area contributed by atoms with Gasteiger partial charge in [0.25, 0.3) is 0 Å². The molecule has 0 amide bonds. The standard InChI is InChI=1S/C18H19NO4/c1-9-10(2)17(22-5)18(23-11(3)20)15-13-8-12(21-4)6-7-14(13)19-16(9)15/h6-8,19H,1-5H3. The number of hydrogen-bond acceptors (Lipinski definition) is 4. The molecule has 0 aliphatic heterocycles. The molecule has 3 aromatic rings. The third kappa shape index (κ3) is 2.29. The van der Waals surface area contributed by atoms with Crippen LogP contribution in [0.2, 0.25) is 0 Å². The zero-order chi connectivity index (χ0) is 16.7. The number of rotatable bonds is 3. The molecule has 1 N–H and O–H groups in total. The first-order chi connectivity index (χ1) is 11.0. The van der Waals surface area contributed by atoms with E-state index >= 15 is 0 Å². The van der Waals surface area contributed by atoms with Crippen molar-refractivity contribution >= 4 is 27.8 Å².